The van der Waals surface area contributed by atoms with Crippen LogP contribution in [-0.2, 0) is 0 Å². The highest BCUT2D eigenvalue weighted by Crippen LogP contribution is 2.34. The van der Waals surface area contributed by atoms with Crippen LogP contribution < -0.4 is 0 Å². The first-order chi connectivity index (χ1) is 8.16. The zero-order valence-corrected chi connectivity index (χ0v) is 11.0. The van der Waals surface area contributed by atoms with Crippen LogP contribution in [0.3, 0.4) is 0 Å². The highest BCUT2D eigenvalue weighted by atomic mass is 32.2. The van der Waals surface area contributed by atoms with Gasteiger partial charge in [-0.05, 0) is 49.4 Å². The fraction of sp³-hybridized carbons (Fsp3) is 0.571. The Morgan fingerprint density at radius 1 is 1.41 bits per heavy atom. The average Bonchev–Trinajstić information content (AvgIpc) is 2.80. The maximum atomic E-state index is 13.1. The normalized spacial score (nSPS) is 18.5. The fourth-order valence-corrected chi connectivity index (χ4v) is 3.67. The molecule has 0 aliphatic heterocycles. The second-order valence-electron chi connectivity index (χ2n) is 4.82. The molecule has 1 N–H and O–H groups in total. The molecule has 1 aromatic carbocycles. The van der Waals surface area contributed by atoms with Crippen LogP contribution in [0.2, 0.25) is 0 Å². The Balaban J connectivity index is 2.03. The molecular weight excluding hydrogens is 235 g/mol. The maximum Gasteiger partial charge on any atom is 0.123 e. The third-order valence-electron chi connectivity index (χ3n) is 3.37. The van der Waals surface area contributed by atoms with Gasteiger partial charge in [0.05, 0.1) is 6.10 Å². The van der Waals surface area contributed by atoms with Gasteiger partial charge in [-0.15, -0.1) is 11.8 Å². The van der Waals surface area contributed by atoms with E-state index in [9.17, 15) is 9.50 Å². The summed E-state index contributed by atoms with van der Waals surface area (Å²) in [6, 6.07) is 4.71. The average molecular weight is 254 g/mol. The van der Waals surface area contributed by atoms with Gasteiger partial charge in [-0.2, -0.15) is 0 Å². The van der Waals surface area contributed by atoms with Gasteiger partial charge in [-0.25, -0.2) is 4.39 Å². The van der Waals surface area contributed by atoms with Gasteiger partial charge in [0.1, 0.15) is 5.82 Å². The molecule has 1 fully saturated rings. The van der Waals surface area contributed by atoms with Crippen molar-refractivity contribution < 1.29 is 9.50 Å². The van der Waals surface area contributed by atoms with Gasteiger partial charge in [0.25, 0.3) is 0 Å². The summed E-state index contributed by atoms with van der Waals surface area (Å²) in [5.41, 5.74) is 0.716. The number of halogens is 1. The molecule has 1 aliphatic rings. The smallest absolute Gasteiger partial charge is 0.123 e. The Morgan fingerprint density at radius 2 is 2.12 bits per heavy atom. The molecule has 0 radical (unpaired) electrons. The summed E-state index contributed by atoms with van der Waals surface area (Å²) in [7, 11) is 0. The maximum absolute atomic E-state index is 13.1. The minimum absolute atomic E-state index is 0.272. The number of thioether (sulfide) groups is 1. The summed E-state index contributed by atoms with van der Waals surface area (Å²) < 4.78 is 13.1. The standard InChI is InChI=1S/C14H19FOS/c1-10(16)13-8-12(15)6-7-14(13)17-9-11-4-2-3-5-11/h6-8,10-11,16H,2-5,9H2,1H3/t10-/m1/s1. The molecule has 1 aliphatic carbocycles. The number of hydrogen-bond donors (Lipinski definition) is 1. The van der Waals surface area contributed by atoms with E-state index in [-0.39, 0.29) is 5.82 Å². The van der Waals surface area contributed by atoms with Crippen LogP contribution in [0.1, 0.15) is 44.3 Å². The first kappa shape index (κ1) is 12.9. The lowest BCUT2D eigenvalue weighted by Gasteiger charge is -2.14. The molecule has 1 nitrogen and oxygen atoms in total. The van der Waals surface area contributed by atoms with Crippen LogP contribution in [-0.4, -0.2) is 10.9 Å². The zero-order valence-electron chi connectivity index (χ0n) is 10.2. The topological polar surface area (TPSA) is 20.2 Å². The van der Waals surface area contributed by atoms with Gasteiger partial charge in [0.15, 0.2) is 0 Å². The summed E-state index contributed by atoms with van der Waals surface area (Å²) in [4.78, 5) is 1.02. The Kier molecular flexibility index (Phi) is 4.46. The molecular formula is C14H19FOS. The first-order valence-electron chi connectivity index (χ1n) is 6.27. The Bertz CT molecular complexity index is 372. The van der Waals surface area contributed by atoms with Crippen LogP contribution >= 0.6 is 11.8 Å². The fourth-order valence-electron chi connectivity index (χ4n) is 2.36. The van der Waals surface area contributed by atoms with E-state index in [0.29, 0.717) is 5.56 Å². The van der Waals surface area contributed by atoms with Crippen molar-refractivity contribution in [2.45, 2.75) is 43.6 Å². The quantitative estimate of drug-likeness (QED) is 0.814. The summed E-state index contributed by atoms with van der Waals surface area (Å²) in [6.07, 6.45) is 4.73. The Hall–Kier alpha value is -0.540. The van der Waals surface area contributed by atoms with Crippen LogP contribution in [0, 0.1) is 11.7 Å². The lowest BCUT2D eigenvalue weighted by Crippen LogP contribution is -2.00. The highest BCUT2D eigenvalue weighted by Gasteiger charge is 2.17. The van der Waals surface area contributed by atoms with Crippen molar-refractivity contribution in [3.63, 3.8) is 0 Å². The van der Waals surface area contributed by atoms with Gasteiger partial charge in [-0.3, -0.25) is 0 Å². The van der Waals surface area contributed by atoms with Crippen molar-refractivity contribution in [3.05, 3.63) is 29.6 Å². The number of hydrogen-bond acceptors (Lipinski definition) is 2. The largest absolute Gasteiger partial charge is 0.389 e. The molecule has 17 heavy (non-hydrogen) atoms. The van der Waals surface area contributed by atoms with E-state index in [4.69, 9.17) is 0 Å². The van der Waals surface area contributed by atoms with Crippen molar-refractivity contribution in [3.8, 4) is 0 Å². The number of aliphatic hydroxyl groups excluding tert-OH is 1. The predicted molar refractivity (Wildman–Crippen MR) is 69.7 cm³/mol. The van der Waals surface area contributed by atoms with Gasteiger partial charge in [-0.1, -0.05) is 12.8 Å². The molecule has 0 bridgehead atoms. The molecule has 0 heterocycles. The minimum atomic E-state index is -0.600. The SMILES string of the molecule is C[C@@H](O)c1cc(F)ccc1SCC1CCCC1. The van der Waals surface area contributed by atoms with E-state index < -0.39 is 6.10 Å². The molecule has 94 valence electrons. The third-order valence-corrected chi connectivity index (χ3v) is 4.69. The molecule has 3 heteroatoms. The van der Waals surface area contributed by atoms with Gasteiger partial charge >= 0.3 is 0 Å². The molecule has 0 aromatic heterocycles. The minimum Gasteiger partial charge on any atom is -0.389 e. The second-order valence-corrected chi connectivity index (χ2v) is 5.88. The summed E-state index contributed by atoms with van der Waals surface area (Å²) in [6.45, 7) is 1.69. The van der Waals surface area contributed by atoms with E-state index in [1.54, 1.807) is 24.8 Å². The Labute approximate surface area is 106 Å². The molecule has 1 aromatic rings. The number of rotatable bonds is 4. The van der Waals surface area contributed by atoms with E-state index in [2.05, 4.69) is 0 Å². The van der Waals surface area contributed by atoms with Crippen LogP contribution in [0.4, 0.5) is 4.39 Å². The van der Waals surface area contributed by atoms with E-state index >= 15 is 0 Å². The molecule has 0 unspecified atom stereocenters. The van der Waals surface area contributed by atoms with Crippen LogP contribution in [0.25, 0.3) is 0 Å². The molecule has 0 saturated heterocycles. The monoisotopic (exact) mass is 254 g/mol. The summed E-state index contributed by atoms with van der Waals surface area (Å²) in [5, 5.41) is 9.64. The van der Waals surface area contributed by atoms with E-state index in [1.807, 2.05) is 0 Å². The summed E-state index contributed by atoms with van der Waals surface area (Å²) in [5.74, 6) is 1.61. The number of aliphatic hydroxyl groups is 1. The number of benzene rings is 1. The van der Waals surface area contributed by atoms with Gasteiger partial charge in [0, 0.05) is 10.6 Å². The molecule has 1 atom stereocenters. The zero-order chi connectivity index (χ0) is 12.3. The van der Waals surface area contributed by atoms with Gasteiger partial charge < -0.3 is 5.11 Å². The van der Waals surface area contributed by atoms with Crippen LogP contribution in [0.15, 0.2) is 23.1 Å². The van der Waals surface area contributed by atoms with Crippen LogP contribution in [0.5, 0.6) is 0 Å². The van der Waals surface area contributed by atoms with Gasteiger partial charge in [0.2, 0.25) is 0 Å². The molecule has 0 amide bonds. The second kappa shape index (κ2) is 5.87. The molecule has 1 saturated carbocycles. The lowest BCUT2D eigenvalue weighted by atomic mass is 10.1. The van der Waals surface area contributed by atoms with Crippen molar-refractivity contribution in [1.82, 2.24) is 0 Å². The summed E-state index contributed by atoms with van der Waals surface area (Å²) >= 11 is 1.75. The first-order valence-corrected chi connectivity index (χ1v) is 7.25. The highest BCUT2D eigenvalue weighted by molar-refractivity contribution is 7.99. The van der Waals surface area contributed by atoms with Crippen molar-refractivity contribution in [1.29, 1.82) is 0 Å². The van der Waals surface area contributed by atoms with Crippen molar-refractivity contribution in [2.75, 3.05) is 5.75 Å². The van der Waals surface area contributed by atoms with E-state index in [1.165, 1.54) is 37.8 Å². The Morgan fingerprint density at radius 3 is 2.76 bits per heavy atom. The molecule has 0 spiro atoms. The van der Waals surface area contributed by atoms with Crippen molar-refractivity contribution in [2.24, 2.45) is 5.92 Å². The predicted octanol–water partition coefficient (Wildman–Crippen LogP) is 4.16. The third kappa shape index (κ3) is 3.46. The van der Waals surface area contributed by atoms with Crippen molar-refractivity contribution >= 4 is 11.8 Å². The molecule has 2 rings (SSSR count). The lowest BCUT2D eigenvalue weighted by molar-refractivity contribution is 0.196. The van der Waals surface area contributed by atoms with E-state index in [0.717, 1.165) is 16.6 Å².